The van der Waals surface area contributed by atoms with Gasteiger partial charge in [-0.25, -0.2) is 0 Å². The lowest BCUT2D eigenvalue weighted by Gasteiger charge is -2.26. The first-order valence-corrected chi connectivity index (χ1v) is 4.19. The zero-order valence-corrected chi connectivity index (χ0v) is 8.20. The van der Waals surface area contributed by atoms with Gasteiger partial charge in [-0.05, 0) is 20.5 Å². The van der Waals surface area contributed by atoms with Crippen molar-refractivity contribution < 1.29 is 5.73 Å². The fraction of sp³-hybridized carbons (Fsp3) is 1.00. The van der Waals surface area contributed by atoms with E-state index in [0.29, 0.717) is 11.6 Å². The van der Waals surface area contributed by atoms with Crippen molar-refractivity contribution in [2.75, 3.05) is 20.6 Å². The Hall–Kier alpha value is -0.120. The summed E-state index contributed by atoms with van der Waals surface area (Å²) >= 11 is 0. The normalized spacial score (nSPS) is 12.5. The number of rotatable bonds is 5. The third-order valence-corrected chi connectivity index (χ3v) is 2.13. The van der Waals surface area contributed by atoms with Crippen LogP contribution in [0.15, 0.2) is 0 Å². The summed E-state index contributed by atoms with van der Waals surface area (Å²) in [4.78, 5) is 0. The van der Waals surface area contributed by atoms with Crippen LogP contribution < -0.4 is 16.4 Å². The zero-order chi connectivity index (χ0) is 8.91. The zero-order valence-electron chi connectivity index (χ0n) is 8.20. The largest absolute Gasteiger partial charge is 0.357 e. The lowest BCUT2D eigenvalue weighted by Crippen LogP contribution is -2.58. The van der Waals surface area contributed by atoms with Crippen LogP contribution in [0.5, 0.6) is 0 Å². The predicted molar refractivity (Wildman–Crippen MR) is 48.1 cm³/mol. The van der Waals surface area contributed by atoms with Gasteiger partial charge in [0.1, 0.15) is 0 Å². The molecule has 0 atom stereocenters. The summed E-state index contributed by atoms with van der Waals surface area (Å²) in [5.41, 5.74) is 4.25. The summed E-state index contributed by atoms with van der Waals surface area (Å²) < 4.78 is 0. The molecule has 68 valence electrons. The Bertz CT molecular complexity index is 97.5. The van der Waals surface area contributed by atoms with Gasteiger partial charge in [0.25, 0.3) is 0 Å². The van der Waals surface area contributed by atoms with Crippen molar-refractivity contribution in [2.45, 2.75) is 26.4 Å². The number of nitrogens with one attached hydrogen (secondary N) is 2. The van der Waals surface area contributed by atoms with Crippen molar-refractivity contribution in [1.82, 2.24) is 10.6 Å². The SMILES string of the molecule is CNC(CC(C)(C)C[NH3+])NC. The van der Waals surface area contributed by atoms with Crippen molar-refractivity contribution >= 4 is 0 Å². The summed E-state index contributed by atoms with van der Waals surface area (Å²) in [7, 11) is 3.95. The minimum Gasteiger partial charge on any atom is -0.357 e. The van der Waals surface area contributed by atoms with Crippen LogP contribution in [0.4, 0.5) is 0 Å². The average molecular weight is 160 g/mol. The van der Waals surface area contributed by atoms with Crippen molar-refractivity contribution in [2.24, 2.45) is 5.41 Å². The molecule has 0 saturated heterocycles. The quantitative estimate of drug-likeness (QED) is 0.471. The summed E-state index contributed by atoms with van der Waals surface area (Å²) in [5, 5.41) is 6.41. The van der Waals surface area contributed by atoms with E-state index in [1.54, 1.807) is 0 Å². The van der Waals surface area contributed by atoms with Crippen LogP contribution in [0.2, 0.25) is 0 Å². The first-order valence-electron chi connectivity index (χ1n) is 4.19. The second-order valence-electron chi connectivity index (χ2n) is 3.75. The van der Waals surface area contributed by atoms with Crippen LogP contribution >= 0.6 is 0 Å². The van der Waals surface area contributed by atoms with E-state index < -0.39 is 0 Å². The Morgan fingerprint density at radius 3 is 2.00 bits per heavy atom. The van der Waals surface area contributed by atoms with Gasteiger partial charge in [-0.3, -0.25) is 0 Å². The number of hydrogen-bond acceptors (Lipinski definition) is 2. The van der Waals surface area contributed by atoms with E-state index in [4.69, 9.17) is 0 Å². The highest BCUT2D eigenvalue weighted by atomic mass is 15.1. The van der Waals surface area contributed by atoms with Crippen molar-refractivity contribution in [3.63, 3.8) is 0 Å². The third kappa shape index (κ3) is 4.35. The molecule has 0 bridgehead atoms. The lowest BCUT2D eigenvalue weighted by molar-refractivity contribution is -0.390. The smallest absolute Gasteiger partial charge is 0.0792 e. The van der Waals surface area contributed by atoms with Crippen LogP contribution in [-0.2, 0) is 0 Å². The topological polar surface area (TPSA) is 51.7 Å². The molecule has 0 heterocycles. The predicted octanol–water partition coefficient (Wildman–Crippen LogP) is -0.590. The van der Waals surface area contributed by atoms with E-state index in [9.17, 15) is 0 Å². The minimum atomic E-state index is 0.330. The maximum absolute atomic E-state index is 3.92. The highest BCUT2D eigenvalue weighted by Crippen LogP contribution is 2.18. The second-order valence-corrected chi connectivity index (χ2v) is 3.75. The Morgan fingerprint density at radius 2 is 1.73 bits per heavy atom. The number of hydrogen-bond donors (Lipinski definition) is 3. The standard InChI is InChI=1S/C8H21N3/c1-8(2,6-9)5-7(10-3)11-4/h7,10-11H,5-6,9H2,1-4H3/p+1. The van der Waals surface area contributed by atoms with Gasteiger partial charge in [0.05, 0.1) is 12.7 Å². The number of quaternary nitrogens is 1. The van der Waals surface area contributed by atoms with Gasteiger partial charge in [-0.2, -0.15) is 0 Å². The van der Waals surface area contributed by atoms with E-state index in [0.717, 1.165) is 13.0 Å². The molecule has 0 aliphatic heterocycles. The van der Waals surface area contributed by atoms with Crippen LogP contribution in [0.25, 0.3) is 0 Å². The van der Waals surface area contributed by atoms with Crippen molar-refractivity contribution in [3.8, 4) is 0 Å². The summed E-state index contributed by atoms with van der Waals surface area (Å²) in [5.74, 6) is 0. The van der Waals surface area contributed by atoms with E-state index in [-0.39, 0.29) is 0 Å². The lowest BCUT2D eigenvalue weighted by atomic mass is 9.88. The fourth-order valence-corrected chi connectivity index (χ4v) is 1.00. The maximum Gasteiger partial charge on any atom is 0.0792 e. The molecular weight excluding hydrogens is 138 g/mol. The molecule has 0 saturated carbocycles. The first-order chi connectivity index (χ1) is 5.05. The molecule has 0 fully saturated rings. The van der Waals surface area contributed by atoms with Gasteiger partial charge in [0.15, 0.2) is 0 Å². The maximum atomic E-state index is 3.92. The molecule has 5 N–H and O–H groups in total. The molecule has 0 unspecified atom stereocenters. The Morgan fingerprint density at radius 1 is 1.27 bits per heavy atom. The molecule has 0 aromatic carbocycles. The fourth-order valence-electron chi connectivity index (χ4n) is 1.00. The van der Waals surface area contributed by atoms with Crippen LogP contribution in [-0.4, -0.2) is 26.8 Å². The van der Waals surface area contributed by atoms with Gasteiger partial charge < -0.3 is 16.4 Å². The molecule has 0 aromatic heterocycles. The van der Waals surface area contributed by atoms with Crippen LogP contribution in [0.3, 0.4) is 0 Å². The highest BCUT2D eigenvalue weighted by molar-refractivity contribution is 4.73. The van der Waals surface area contributed by atoms with Crippen molar-refractivity contribution in [3.05, 3.63) is 0 Å². The molecule has 0 amide bonds. The van der Waals surface area contributed by atoms with Gasteiger partial charge in [-0.1, -0.05) is 13.8 Å². The molecule has 11 heavy (non-hydrogen) atoms. The molecule has 0 aliphatic rings. The third-order valence-electron chi connectivity index (χ3n) is 2.13. The van der Waals surface area contributed by atoms with Crippen LogP contribution in [0.1, 0.15) is 20.3 Å². The van der Waals surface area contributed by atoms with E-state index >= 15 is 0 Å². The Labute approximate surface area is 69.7 Å². The molecule has 0 aliphatic carbocycles. The van der Waals surface area contributed by atoms with Gasteiger partial charge in [-0.15, -0.1) is 0 Å². The summed E-state index contributed by atoms with van der Waals surface area (Å²) in [6.07, 6.45) is 1.52. The molecule has 3 heteroatoms. The first kappa shape index (κ1) is 10.9. The van der Waals surface area contributed by atoms with Crippen LogP contribution in [0, 0.1) is 5.41 Å². The summed E-state index contributed by atoms with van der Waals surface area (Å²) in [6, 6.07) is 0. The minimum absolute atomic E-state index is 0.330. The van der Waals surface area contributed by atoms with Gasteiger partial charge in [0.2, 0.25) is 0 Å². The van der Waals surface area contributed by atoms with Gasteiger partial charge >= 0.3 is 0 Å². The monoisotopic (exact) mass is 160 g/mol. The Kier molecular flexibility index (Phi) is 4.65. The van der Waals surface area contributed by atoms with E-state index in [2.05, 4.69) is 30.2 Å². The summed E-state index contributed by atoms with van der Waals surface area (Å²) in [6.45, 7) is 5.45. The molecule has 0 aromatic rings. The molecule has 0 radical (unpaired) electrons. The average Bonchev–Trinajstić information content (AvgIpc) is 2.00. The van der Waals surface area contributed by atoms with E-state index in [1.165, 1.54) is 0 Å². The second kappa shape index (κ2) is 4.70. The van der Waals surface area contributed by atoms with E-state index in [1.807, 2.05) is 14.1 Å². The van der Waals surface area contributed by atoms with Crippen molar-refractivity contribution in [1.29, 1.82) is 0 Å². The molecular formula is C8H22N3+. The molecule has 0 spiro atoms. The molecule has 0 rings (SSSR count). The molecule has 3 nitrogen and oxygen atoms in total. The van der Waals surface area contributed by atoms with Gasteiger partial charge in [0, 0.05) is 5.41 Å². The highest BCUT2D eigenvalue weighted by Gasteiger charge is 2.21. The Balaban J connectivity index is 3.79.